The van der Waals surface area contributed by atoms with Gasteiger partial charge in [0.2, 0.25) is 11.8 Å². The van der Waals surface area contributed by atoms with Crippen LogP contribution in [-0.4, -0.2) is 16.8 Å². The average Bonchev–Trinajstić information content (AvgIpc) is 2.20. The van der Waals surface area contributed by atoms with Crippen LogP contribution in [0.15, 0.2) is 16.7 Å². The molecule has 1 saturated heterocycles. The zero-order chi connectivity index (χ0) is 13.5. The fraction of sp³-hybridized carbons (Fsp3) is 0.462. The van der Waals surface area contributed by atoms with E-state index in [0.29, 0.717) is 18.7 Å². The fourth-order valence-corrected chi connectivity index (χ4v) is 2.30. The van der Waals surface area contributed by atoms with Crippen LogP contribution >= 0.6 is 15.9 Å². The molecule has 0 aromatic carbocycles. The molecule has 0 radical (unpaired) electrons. The van der Waals surface area contributed by atoms with Crippen LogP contribution in [0.1, 0.15) is 32.3 Å². The topological polar surface area (TPSA) is 50.3 Å². The molecular formula is C13H15BrN2O2. The van der Waals surface area contributed by atoms with Crippen molar-refractivity contribution in [2.45, 2.75) is 33.6 Å². The standard InChI is InChI=1S/C13H15BrN2O2/c1-8-4-10(15-7-9(8)14)16-11(17)5-13(2,3)6-12(16)18/h4,7H,5-6H2,1-3H3. The Kier molecular flexibility index (Phi) is 3.27. The summed E-state index contributed by atoms with van der Waals surface area (Å²) < 4.78 is 0.864. The molecule has 1 fully saturated rings. The lowest BCUT2D eigenvalue weighted by Crippen LogP contribution is -2.46. The van der Waals surface area contributed by atoms with Crippen molar-refractivity contribution in [3.05, 3.63) is 22.3 Å². The van der Waals surface area contributed by atoms with E-state index < -0.39 is 0 Å². The Balaban J connectivity index is 2.36. The third-order valence-electron chi connectivity index (χ3n) is 3.02. The maximum Gasteiger partial charge on any atom is 0.235 e. The number of carbonyl (C=O) groups is 2. The molecule has 1 aliphatic rings. The molecule has 1 aromatic rings. The lowest BCUT2D eigenvalue weighted by molar-refractivity contribution is -0.132. The lowest BCUT2D eigenvalue weighted by Gasteiger charge is -2.34. The second-order valence-electron chi connectivity index (χ2n) is 5.43. The number of aromatic nitrogens is 1. The SMILES string of the molecule is Cc1cc(N2C(=O)CC(C)(C)CC2=O)ncc1Br. The van der Waals surface area contributed by atoms with E-state index in [2.05, 4.69) is 20.9 Å². The Bertz CT molecular complexity index is 506. The number of anilines is 1. The number of aryl methyl sites for hydroxylation is 1. The van der Waals surface area contributed by atoms with Gasteiger partial charge in [0, 0.05) is 23.5 Å². The zero-order valence-electron chi connectivity index (χ0n) is 10.7. The number of piperidine rings is 1. The maximum absolute atomic E-state index is 12.1. The highest BCUT2D eigenvalue weighted by Gasteiger charge is 2.38. The molecule has 2 heterocycles. The van der Waals surface area contributed by atoms with E-state index in [-0.39, 0.29) is 17.2 Å². The maximum atomic E-state index is 12.1. The van der Waals surface area contributed by atoms with Crippen molar-refractivity contribution < 1.29 is 9.59 Å². The smallest absolute Gasteiger partial charge is 0.235 e. The number of rotatable bonds is 1. The minimum atomic E-state index is -0.255. The van der Waals surface area contributed by atoms with Gasteiger partial charge in [-0.1, -0.05) is 13.8 Å². The van der Waals surface area contributed by atoms with E-state index in [1.165, 1.54) is 4.90 Å². The molecule has 0 bridgehead atoms. The van der Waals surface area contributed by atoms with Crippen LogP contribution in [-0.2, 0) is 9.59 Å². The largest absolute Gasteiger partial charge is 0.274 e. The lowest BCUT2D eigenvalue weighted by atomic mass is 9.82. The van der Waals surface area contributed by atoms with Gasteiger partial charge >= 0.3 is 0 Å². The van der Waals surface area contributed by atoms with E-state index in [0.717, 1.165) is 10.0 Å². The minimum Gasteiger partial charge on any atom is -0.274 e. The molecule has 1 aliphatic heterocycles. The second kappa shape index (κ2) is 4.46. The van der Waals surface area contributed by atoms with E-state index in [1.807, 2.05) is 20.8 Å². The number of imide groups is 1. The highest BCUT2D eigenvalue weighted by Crippen LogP contribution is 2.33. The molecule has 96 valence electrons. The van der Waals surface area contributed by atoms with Crippen LogP contribution in [0.2, 0.25) is 0 Å². The van der Waals surface area contributed by atoms with E-state index in [9.17, 15) is 9.59 Å². The van der Waals surface area contributed by atoms with Gasteiger partial charge in [-0.2, -0.15) is 0 Å². The summed E-state index contributed by atoms with van der Waals surface area (Å²) in [5.41, 5.74) is 0.695. The van der Waals surface area contributed by atoms with Crippen LogP contribution in [0.3, 0.4) is 0 Å². The average molecular weight is 311 g/mol. The quantitative estimate of drug-likeness (QED) is 0.749. The molecule has 4 nitrogen and oxygen atoms in total. The summed E-state index contributed by atoms with van der Waals surface area (Å²) in [5.74, 6) is 0.0668. The van der Waals surface area contributed by atoms with E-state index >= 15 is 0 Å². The van der Waals surface area contributed by atoms with Gasteiger partial charge in [-0.05, 0) is 39.9 Å². The Hall–Kier alpha value is -1.23. The predicted molar refractivity (Wildman–Crippen MR) is 72.2 cm³/mol. The van der Waals surface area contributed by atoms with Crippen molar-refractivity contribution in [3.63, 3.8) is 0 Å². The highest BCUT2D eigenvalue weighted by molar-refractivity contribution is 9.10. The molecule has 0 aliphatic carbocycles. The number of halogens is 1. The number of pyridine rings is 1. The van der Waals surface area contributed by atoms with Crippen molar-refractivity contribution in [2.75, 3.05) is 4.90 Å². The van der Waals surface area contributed by atoms with Crippen molar-refractivity contribution in [1.82, 2.24) is 4.98 Å². The van der Waals surface area contributed by atoms with Crippen molar-refractivity contribution in [2.24, 2.45) is 5.41 Å². The van der Waals surface area contributed by atoms with E-state index in [1.54, 1.807) is 12.3 Å². The summed E-state index contributed by atoms with van der Waals surface area (Å²) in [6.07, 6.45) is 2.36. The normalized spacial score (nSPS) is 19.2. The van der Waals surface area contributed by atoms with Crippen LogP contribution in [0, 0.1) is 12.3 Å². The predicted octanol–water partition coefficient (Wildman–Crippen LogP) is 2.83. The zero-order valence-corrected chi connectivity index (χ0v) is 12.2. The number of nitrogens with zero attached hydrogens (tertiary/aromatic N) is 2. The summed E-state index contributed by atoms with van der Waals surface area (Å²) in [4.78, 5) is 29.5. The summed E-state index contributed by atoms with van der Waals surface area (Å²) >= 11 is 3.35. The summed E-state index contributed by atoms with van der Waals surface area (Å²) in [5, 5.41) is 0. The summed E-state index contributed by atoms with van der Waals surface area (Å²) in [7, 11) is 0. The molecule has 1 aromatic heterocycles. The van der Waals surface area contributed by atoms with Gasteiger partial charge in [0.15, 0.2) is 0 Å². The monoisotopic (exact) mass is 310 g/mol. The molecule has 2 rings (SSSR count). The number of hydrogen-bond acceptors (Lipinski definition) is 3. The first-order valence-electron chi connectivity index (χ1n) is 5.78. The first-order valence-corrected chi connectivity index (χ1v) is 6.57. The Labute approximate surface area is 115 Å². The van der Waals surface area contributed by atoms with Crippen LogP contribution < -0.4 is 4.90 Å². The first kappa shape index (κ1) is 13.2. The minimum absolute atomic E-state index is 0.175. The van der Waals surface area contributed by atoms with Crippen LogP contribution in [0.5, 0.6) is 0 Å². The molecule has 18 heavy (non-hydrogen) atoms. The number of amides is 2. The third-order valence-corrected chi connectivity index (χ3v) is 3.85. The molecule has 0 unspecified atom stereocenters. The van der Waals surface area contributed by atoms with Gasteiger partial charge < -0.3 is 0 Å². The molecule has 5 heteroatoms. The fourth-order valence-electron chi connectivity index (χ4n) is 2.08. The summed E-state index contributed by atoms with van der Waals surface area (Å²) in [6.45, 7) is 5.76. The third kappa shape index (κ3) is 2.46. The molecule has 2 amide bonds. The van der Waals surface area contributed by atoms with Gasteiger partial charge in [0.25, 0.3) is 0 Å². The Morgan fingerprint density at radius 1 is 1.28 bits per heavy atom. The van der Waals surface area contributed by atoms with Gasteiger partial charge in [-0.15, -0.1) is 0 Å². The van der Waals surface area contributed by atoms with Crippen molar-refractivity contribution >= 4 is 33.6 Å². The van der Waals surface area contributed by atoms with Crippen molar-refractivity contribution in [1.29, 1.82) is 0 Å². The molecule has 0 spiro atoms. The molecule has 0 N–H and O–H groups in total. The molecular weight excluding hydrogens is 296 g/mol. The van der Waals surface area contributed by atoms with Crippen molar-refractivity contribution in [3.8, 4) is 0 Å². The van der Waals surface area contributed by atoms with Gasteiger partial charge in [-0.25, -0.2) is 9.88 Å². The second-order valence-corrected chi connectivity index (χ2v) is 6.29. The highest BCUT2D eigenvalue weighted by atomic mass is 79.9. The molecule has 0 atom stereocenters. The number of hydrogen-bond donors (Lipinski definition) is 0. The first-order chi connectivity index (χ1) is 8.30. The van der Waals surface area contributed by atoms with Crippen LogP contribution in [0.4, 0.5) is 5.82 Å². The van der Waals surface area contributed by atoms with E-state index in [4.69, 9.17) is 0 Å². The van der Waals surface area contributed by atoms with Gasteiger partial charge in [-0.3, -0.25) is 9.59 Å². The Morgan fingerprint density at radius 2 is 1.83 bits per heavy atom. The molecule has 0 saturated carbocycles. The van der Waals surface area contributed by atoms with Gasteiger partial charge in [0.05, 0.1) is 0 Å². The van der Waals surface area contributed by atoms with Gasteiger partial charge in [0.1, 0.15) is 5.82 Å². The Morgan fingerprint density at radius 3 is 2.33 bits per heavy atom. The van der Waals surface area contributed by atoms with Crippen LogP contribution in [0.25, 0.3) is 0 Å². The summed E-state index contributed by atoms with van der Waals surface area (Å²) in [6, 6.07) is 1.75. The number of carbonyl (C=O) groups excluding carboxylic acids is 2.